The Balaban J connectivity index is 2.92. The first kappa shape index (κ1) is 10.1. The summed E-state index contributed by atoms with van der Waals surface area (Å²) in [5.74, 6) is 0. The number of thiocarbonyl (C=S) groups is 1. The van der Waals surface area contributed by atoms with Gasteiger partial charge in [-0.15, -0.1) is 0 Å². The van der Waals surface area contributed by atoms with Crippen LogP contribution >= 0.6 is 12.2 Å². The van der Waals surface area contributed by atoms with Crippen LogP contribution in [-0.2, 0) is 0 Å². The summed E-state index contributed by atoms with van der Waals surface area (Å²) in [6, 6.07) is 0. The van der Waals surface area contributed by atoms with Gasteiger partial charge in [0.2, 0.25) is 0 Å². The number of isothiocyanates is 1. The van der Waals surface area contributed by atoms with Crippen molar-refractivity contribution in [3.05, 3.63) is 36.1 Å². The molecule has 0 amide bonds. The molecule has 0 saturated carbocycles. The molecule has 1 rings (SSSR count). The molecule has 13 heavy (non-hydrogen) atoms. The molecule has 1 nitrogen and oxygen atoms in total. The molecule has 1 unspecified atom stereocenters. The maximum absolute atomic E-state index is 4.55. The van der Waals surface area contributed by atoms with E-state index in [0.717, 1.165) is 12.1 Å². The highest BCUT2D eigenvalue weighted by atomic mass is 32.1. The Morgan fingerprint density at radius 3 is 2.92 bits per heavy atom. The zero-order valence-electron chi connectivity index (χ0n) is 7.95. The summed E-state index contributed by atoms with van der Waals surface area (Å²) >= 11 is 4.55. The molecule has 0 spiro atoms. The molecule has 0 fully saturated rings. The zero-order valence-corrected chi connectivity index (χ0v) is 8.77. The van der Waals surface area contributed by atoms with Gasteiger partial charge in [0.15, 0.2) is 0 Å². The van der Waals surface area contributed by atoms with Gasteiger partial charge in [-0.1, -0.05) is 32.1 Å². The molecule has 0 aromatic carbocycles. The van der Waals surface area contributed by atoms with E-state index >= 15 is 0 Å². The average molecular weight is 191 g/mol. The molecule has 1 aliphatic rings. The van der Waals surface area contributed by atoms with E-state index in [0.29, 0.717) is 0 Å². The van der Waals surface area contributed by atoms with E-state index in [4.69, 9.17) is 0 Å². The monoisotopic (exact) mass is 191 g/mol. The minimum atomic E-state index is 0.148. The second-order valence-electron chi connectivity index (χ2n) is 3.35. The van der Waals surface area contributed by atoms with Crippen LogP contribution in [0.25, 0.3) is 0 Å². The van der Waals surface area contributed by atoms with Crippen LogP contribution in [0, 0.1) is 5.41 Å². The Kier molecular flexibility index (Phi) is 3.35. The lowest BCUT2D eigenvalue weighted by atomic mass is 9.87. The predicted octanol–water partition coefficient (Wildman–Crippen LogP) is 3.52. The molecule has 0 aliphatic heterocycles. The molecule has 68 valence electrons. The van der Waals surface area contributed by atoms with Gasteiger partial charge in [-0.2, -0.15) is 4.99 Å². The van der Waals surface area contributed by atoms with Crippen LogP contribution in [-0.4, -0.2) is 5.16 Å². The molecular weight excluding hydrogens is 178 g/mol. The lowest BCUT2D eigenvalue weighted by Gasteiger charge is -2.17. The Morgan fingerprint density at radius 1 is 1.54 bits per heavy atom. The van der Waals surface area contributed by atoms with Gasteiger partial charge in [-0.3, -0.25) is 0 Å². The van der Waals surface area contributed by atoms with Gasteiger partial charge in [0.05, 0.1) is 10.9 Å². The SMILES string of the molecule is CCC1(C)C=CC=C(N=C=S)C=C1. The first-order valence-corrected chi connectivity index (χ1v) is 4.77. The van der Waals surface area contributed by atoms with Crippen LogP contribution in [0.15, 0.2) is 41.1 Å². The normalized spacial score (nSPS) is 26.2. The van der Waals surface area contributed by atoms with Crippen molar-refractivity contribution < 1.29 is 0 Å². The Morgan fingerprint density at radius 2 is 2.31 bits per heavy atom. The van der Waals surface area contributed by atoms with Crippen LogP contribution in [0.5, 0.6) is 0 Å². The number of aliphatic imine (C=N–C) groups is 1. The third kappa shape index (κ3) is 2.76. The van der Waals surface area contributed by atoms with Crippen molar-refractivity contribution in [1.29, 1.82) is 0 Å². The van der Waals surface area contributed by atoms with Gasteiger partial charge in [0, 0.05) is 5.41 Å². The van der Waals surface area contributed by atoms with Gasteiger partial charge in [-0.05, 0) is 30.8 Å². The average Bonchev–Trinajstić information content (AvgIpc) is 2.31. The minimum Gasteiger partial charge on any atom is -0.195 e. The number of nitrogens with zero attached hydrogens (tertiary/aromatic N) is 1. The fourth-order valence-electron chi connectivity index (χ4n) is 1.12. The van der Waals surface area contributed by atoms with Crippen molar-refractivity contribution in [1.82, 2.24) is 0 Å². The maximum Gasteiger partial charge on any atom is 0.0736 e. The van der Waals surface area contributed by atoms with Crippen LogP contribution in [0.4, 0.5) is 0 Å². The van der Waals surface area contributed by atoms with E-state index in [-0.39, 0.29) is 5.41 Å². The molecule has 1 aliphatic carbocycles. The molecule has 0 saturated heterocycles. The Hall–Kier alpha value is -0.980. The number of allylic oxidation sites excluding steroid dienone is 5. The Bertz CT molecular complexity index is 319. The predicted molar refractivity (Wildman–Crippen MR) is 59.8 cm³/mol. The number of hydrogen-bond donors (Lipinski definition) is 0. The lowest BCUT2D eigenvalue weighted by Crippen LogP contribution is -2.06. The fourth-order valence-corrected chi connectivity index (χ4v) is 1.22. The van der Waals surface area contributed by atoms with Gasteiger partial charge in [0.1, 0.15) is 0 Å². The zero-order chi connectivity index (χ0) is 9.73. The summed E-state index contributed by atoms with van der Waals surface area (Å²) in [5.41, 5.74) is 1.01. The lowest BCUT2D eigenvalue weighted by molar-refractivity contribution is 0.531. The van der Waals surface area contributed by atoms with Crippen LogP contribution in [0.2, 0.25) is 0 Å². The summed E-state index contributed by atoms with van der Waals surface area (Å²) < 4.78 is 0. The first-order chi connectivity index (χ1) is 6.20. The smallest absolute Gasteiger partial charge is 0.0736 e. The maximum atomic E-state index is 4.55. The second-order valence-corrected chi connectivity index (χ2v) is 3.53. The summed E-state index contributed by atoms with van der Waals surface area (Å²) in [7, 11) is 0. The number of rotatable bonds is 2. The van der Waals surface area contributed by atoms with Crippen molar-refractivity contribution in [2.45, 2.75) is 20.3 Å². The molecule has 0 heterocycles. The molecule has 0 aromatic heterocycles. The summed E-state index contributed by atoms with van der Waals surface area (Å²) in [5, 5.41) is 2.37. The van der Waals surface area contributed by atoms with E-state index in [1.165, 1.54) is 0 Å². The summed E-state index contributed by atoms with van der Waals surface area (Å²) in [6.07, 6.45) is 11.4. The van der Waals surface area contributed by atoms with Crippen molar-refractivity contribution in [3.63, 3.8) is 0 Å². The quantitative estimate of drug-likeness (QED) is 0.480. The van der Waals surface area contributed by atoms with E-state index in [1.807, 2.05) is 18.2 Å². The third-order valence-electron chi connectivity index (χ3n) is 2.32. The number of hydrogen-bond acceptors (Lipinski definition) is 2. The first-order valence-electron chi connectivity index (χ1n) is 4.37. The van der Waals surface area contributed by atoms with Gasteiger partial charge in [0.25, 0.3) is 0 Å². The van der Waals surface area contributed by atoms with Gasteiger partial charge < -0.3 is 0 Å². The van der Waals surface area contributed by atoms with E-state index in [1.54, 1.807) is 0 Å². The molecule has 0 N–H and O–H groups in total. The molecular formula is C11H13NS. The largest absolute Gasteiger partial charge is 0.195 e. The topological polar surface area (TPSA) is 12.4 Å². The molecule has 0 aromatic rings. The van der Waals surface area contributed by atoms with Crippen molar-refractivity contribution in [2.24, 2.45) is 10.4 Å². The van der Waals surface area contributed by atoms with Crippen LogP contribution in [0.3, 0.4) is 0 Å². The van der Waals surface area contributed by atoms with E-state index in [9.17, 15) is 0 Å². The summed E-state index contributed by atoms with van der Waals surface area (Å²) in [4.78, 5) is 3.93. The molecule has 0 radical (unpaired) electrons. The van der Waals surface area contributed by atoms with Crippen LogP contribution in [0.1, 0.15) is 20.3 Å². The van der Waals surface area contributed by atoms with Crippen molar-refractivity contribution >= 4 is 17.4 Å². The van der Waals surface area contributed by atoms with Crippen molar-refractivity contribution in [2.75, 3.05) is 0 Å². The molecule has 1 atom stereocenters. The second kappa shape index (κ2) is 4.31. The van der Waals surface area contributed by atoms with Gasteiger partial charge in [-0.25, -0.2) is 0 Å². The highest BCUT2D eigenvalue weighted by molar-refractivity contribution is 7.78. The standard InChI is InChI=1S/C11H13NS/c1-3-11(2)7-4-5-10(6-8-11)12-9-13/h4-8H,3H2,1-2H3. The van der Waals surface area contributed by atoms with E-state index in [2.05, 4.69) is 48.4 Å². The third-order valence-corrected chi connectivity index (χ3v) is 2.41. The van der Waals surface area contributed by atoms with E-state index < -0.39 is 0 Å². The fraction of sp³-hybridized carbons (Fsp3) is 0.364. The highest BCUT2D eigenvalue weighted by Crippen LogP contribution is 2.27. The minimum absolute atomic E-state index is 0.148. The summed E-state index contributed by atoms with van der Waals surface area (Å²) in [6.45, 7) is 4.36. The van der Waals surface area contributed by atoms with Gasteiger partial charge >= 0.3 is 0 Å². The van der Waals surface area contributed by atoms with Crippen LogP contribution < -0.4 is 0 Å². The molecule has 2 heteroatoms. The van der Waals surface area contributed by atoms with Crippen molar-refractivity contribution in [3.8, 4) is 0 Å². The Labute approximate surface area is 84.6 Å². The highest BCUT2D eigenvalue weighted by Gasteiger charge is 2.14. The molecule has 0 bridgehead atoms.